The largest absolute Gasteiger partial charge is 0.399 e. The molecule has 154 valence electrons. The van der Waals surface area contributed by atoms with Crippen molar-refractivity contribution in [3.05, 3.63) is 133 Å². The molecule has 0 radical (unpaired) electrons. The molecule has 2 N–H and O–H groups in total. The number of nitrogen functional groups attached to an aromatic ring is 1. The Morgan fingerprint density at radius 1 is 0.344 bits per heavy atom. The minimum atomic E-state index is 0.777. The van der Waals surface area contributed by atoms with Crippen LogP contribution < -0.4 is 10.6 Å². The second kappa shape index (κ2) is 8.83. The van der Waals surface area contributed by atoms with Gasteiger partial charge in [-0.2, -0.15) is 0 Å². The van der Waals surface area contributed by atoms with Crippen molar-refractivity contribution in [3.8, 4) is 22.3 Å². The topological polar surface area (TPSA) is 29.3 Å². The van der Waals surface area contributed by atoms with Gasteiger partial charge >= 0.3 is 0 Å². The number of hydrogen-bond acceptors (Lipinski definition) is 2. The first kappa shape index (κ1) is 19.7. The van der Waals surface area contributed by atoms with Crippen LogP contribution >= 0.6 is 0 Å². The molecule has 0 aromatic heterocycles. The second-order valence-corrected chi connectivity index (χ2v) is 7.75. The molecule has 0 fully saturated rings. The maximum atomic E-state index is 5.84. The minimum absolute atomic E-state index is 0.777. The van der Waals surface area contributed by atoms with E-state index in [2.05, 4.69) is 114 Å². The van der Waals surface area contributed by atoms with Crippen molar-refractivity contribution in [2.75, 3.05) is 10.6 Å². The lowest BCUT2D eigenvalue weighted by Gasteiger charge is -2.26. The zero-order chi connectivity index (χ0) is 21.8. The number of anilines is 4. The number of rotatable bonds is 5. The Hall–Kier alpha value is -4.30. The predicted octanol–water partition coefficient (Wildman–Crippen LogP) is 8.07. The lowest BCUT2D eigenvalue weighted by atomic mass is 10.0. The van der Waals surface area contributed by atoms with Crippen LogP contribution in [0.3, 0.4) is 0 Å². The van der Waals surface area contributed by atoms with Gasteiger partial charge in [0.1, 0.15) is 0 Å². The van der Waals surface area contributed by atoms with Crippen molar-refractivity contribution in [2.45, 2.75) is 0 Å². The summed E-state index contributed by atoms with van der Waals surface area (Å²) in [5.41, 5.74) is 14.7. The van der Waals surface area contributed by atoms with Crippen LogP contribution in [0.25, 0.3) is 22.3 Å². The van der Waals surface area contributed by atoms with Crippen LogP contribution in [0.4, 0.5) is 22.7 Å². The zero-order valence-electron chi connectivity index (χ0n) is 17.7. The fourth-order valence-corrected chi connectivity index (χ4v) is 3.94. The number of nitrogens with two attached hydrogens (primary N) is 1. The molecule has 0 bridgehead atoms. The van der Waals surface area contributed by atoms with Gasteiger partial charge in [0, 0.05) is 22.7 Å². The summed E-state index contributed by atoms with van der Waals surface area (Å²) in [5, 5.41) is 0. The maximum absolute atomic E-state index is 5.84. The molecule has 0 spiro atoms. The smallest absolute Gasteiger partial charge is 0.0462 e. The van der Waals surface area contributed by atoms with E-state index in [0.717, 1.165) is 28.3 Å². The monoisotopic (exact) mass is 412 g/mol. The lowest BCUT2D eigenvalue weighted by Crippen LogP contribution is -2.09. The first-order valence-corrected chi connectivity index (χ1v) is 10.7. The molecule has 0 heterocycles. The van der Waals surface area contributed by atoms with Crippen molar-refractivity contribution in [3.63, 3.8) is 0 Å². The molecule has 0 aliphatic rings. The summed E-state index contributed by atoms with van der Waals surface area (Å²) in [6, 6.07) is 46.3. The van der Waals surface area contributed by atoms with E-state index in [0.29, 0.717) is 0 Å². The Labute approximate surface area is 189 Å². The highest BCUT2D eigenvalue weighted by Gasteiger charge is 2.12. The van der Waals surface area contributed by atoms with Crippen LogP contribution in [-0.4, -0.2) is 0 Å². The zero-order valence-corrected chi connectivity index (χ0v) is 17.7. The van der Waals surface area contributed by atoms with Gasteiger partial charge in [-0.1, -0.05) is 84.9 Å². The standard InChI is InChI=1S/C30H24N2/c31-27-17-11-24(12-18-27)26-15-21-30(22-16-26)32(28-9-5-2-6-10-28)29-19-13-25(14-20-29)23-7-3-1-4-8-23/h1-22H,31H2. The summed E-state index contributed by atoms with van der Waals surface area (Å²) in [7, 11) is 0. The van der Waals surface area contributed by atoms with E-state index in [9.17, 15) is 0 Å². The Morgan fingerprint density at radius 3 is 1.16 bits per heavy atom. The number of para-hydroxylation sites is 1. The second-order valence-electron chi connectivity index (χ2n) is 7.75. The molecule has 0 saturated carbocycles. The van der Waals surface area contributed by atoms with Gasteiger partial charge in [-0.3, -0.25) is 0 Å². The van der Waals surface area contributed by atoms with Gasteiger partial charge in [-0.15, -0.1) is 0 Å². The number of nitrogens with zero attached hydrogens (tertiary/aromatic N) is 1. The summed E-state index contributed by atoms with van der Waals surface area (Å²) in [6.45, 7) is 0. The van der Waals surface area contributed by atoms with Crippen LogP contribution in [0, 0.1) is 0 Å². The van der Waals surface area contributed by atoms with E-state index in [-0.39, 0.29) is 0 Å². The number of benzene rings is 5. The predicted molar refractivity (Wildman–Crippen MR) is 136 cm³/mol. The fourth-order valence-electron chi connectivity index (χ4n) is 3.94. The third-order valence-corrected chi connectivity index (χ3v) is 5.62. The summed E-state index contributed by atoms with van der Waals surface area (Å²) < 4.78 is 0. The van der Waals surface area contributed by atoms with Crippen molar-refractivity contribution in [2.24, 2.45) is 0 Å². The average Bonchev–Trinajstić information content (AvgIpc) is 2.87. The summed E-state index contributed by atoms with van der Waals surface area (Å²) in [4.78, 5) is 2.28. The van der Waals surface area contributed by atoms with E-state index in [4.69, 9.17) is 5.73 Å². The van der Waals surface area contributed by atoms with Crippen molar-refractivity contribution < 1.29 is 0 Å². The van der Waals surface area contributed by atoms with Crippen LogP contribution in [0.1, 0.15) is 0 Å². The highest BCUT2D eigenvalue weighted by atomic mass is 15.1. The van der Waals surface area contributed by atoms with Gasteiger partial charge in [0.15, 0.2) is 0 Å². The SMILES string of the molecule is Nc1ccc(-c2ccc(N(c3ccccc3)c3ccc(-c4ccccc4)cc3)cc2)cc1. The molecular weight excluding hydrogens is 388 g/mol. The molecule has 0 aliphatic carbocycles. The third-order valence-electron chi connectivity index (χ3n) is 5.62. The van der Waals surface area contributed by atoms with Gasteiger partial charge < -0.3 is 10.6 Å². The Bertz CT molecular complexity index is 1280. The van der Waals surface area contributed by atoms with Crippen molar-refractivity contribution in [1.82, 2.24) is 0 Å². The molecule has 0 saturated heterocycles. The van der Waals surface area contributed by atoms with E-state index < -0.39 is 0 Å². The first-order chi connectivity index (χ1) is 15.8. The van der Waals surface area contributed by atoms with Crippen molar-refractivity contribution in [1.29, 1.82) is 0 Å². The first-order valence-electron chi connectivity index (χ1n) is 10.7. The van der Waals surface area contributed by atoms with Crippen LogP contribution in [0.5, 0.6) is 0 Å². The minimum Gasteiger partial charge on any atom is -0.399 e. The van der Waals surface area contributed by atoms with Gasteiger partial charge in [0.05, 0.1) is 0 Å². The molecule has 0 aliphatic heterocycles. The molecule has 0 unspecified atom stereocenters. The van der Waals surface area contributed by atoms with Crippen LogP contribution in [0.15, 0.2) is 133 Å². The third kappa shape index (κ3) is 4.12. The Kier molecular flexibility index (Phi) is 5.42. The van der Waals surface area contributed by atoms with Crippen LogP contribution in [-0.2, 0) is 0 Å². The molecule has 5 aromatic carbocycles. The molecule has 5 rings (SSSR count). The van der Waals surface area contributed by atoms with Gasteiger partial charge in [-0.25, -0.2) is 0 Å². The quantitative estimate of drug-likeness (QED) is 0.296. The van der Waals surface area contributed by atoms with Crippen molar-refractivity contribution >= 4 is 22.7 Å². The molecule has 0 atom stereocenters. The van der Waals surface area contributed by atoms with E-state index in [1.165, 1.54) is 16.7 Å². The van der Waals surface area contributed by atoms with E-state index >= 15 is 0 Å². The van der Waals surface area contributed by atoms with E-state index in [1.54, 1.807) is 0 Å². The summed E-state index contributed by atoms with van der Waals surface area (Å²) >= 11 is 0. The molecule has 2 heteroatoms. The van der Waals surface area contributed by atoms with Gasteiger partial charge in [-0.05, 0) is 70.8 Å². The van der Waals surface area contributed by atoms with Crippen LogP contribution in [0.2, 0.25) is 0 Å². The fraction of sp³-hybridized carbons (Fsp3) is 0. The molecular formula is C30H24N2. The normalized spacial score (nSPS) is 10.6. The number of hydrogen-bond donors (Lipinski definition) is 1. The highest BCUT2D eigenvalue weighted by Crippen LogP contribution is 2.36. The summed E-state index contributed by atoms with van der Waals surface area (Å²) in [5.74, 6) is 0. The molecule has 5 aromatic rings. The Morgan fingerprint density at radius 2 is 0.688 bits per heavy atom. The average molecular weight is 413 g/mol. The molecule has 0 amide bonds. The van der Waals surface area contributed by atoms with Gasteiger partial charge in [0.2, 0.25) is 0 Å². The van der Waals surface area contributed by atoms with Gasteiger partial charge in [0.25, 0.3) is 0 Å². The Balaban J connectivity index is 1.51. The molecule has 2 nitrogen and oxygen atoms in total. The lowest BCUT2D eigenvalue weighted by molar-refractivity contribution is 1.28. The van der Waals surface area contributed by atoms with E-state index in [1.807, 2.05) is 24.3 Å². The highest BCUT2D eigenvalue weighted by molar-refractivity contribution is 5.79. The summed E-state index contributed by atoms with van der Waals surface area (Å²) in [6.07, 6.45) is 0. The maximum Gasteiger partial charge on any atom is 0.0462 e. The molecule has 32 heavy (non-hydrogen) atoms.